The highest BCUT2D eigenvalue weighted by Gasteiger charge is 2.13. The molecular formula is C25H24ClN3O3. The van der Waals surface area contributed by atoms with Gasteiger partial charge in [-0.05, 0) is 67.1 Å². The van der Waals surface area contributed by atoms with E-state index in [-0.39, 0.29) is 0 Å². The molecule has 0 aliphatic carbocycles. The number of methoxy groups -OCH3 is 1. The van der Waals surface area contributed by atoms with Gasteiger partial charge in [0.15, 0.2) is 11.5 Å². The first-order valence-corrected chi connectivity index (χ1v) is 11.0. The molecule has 0 fully saturated rings. The summed E-state index contributed by atoms with van der Waals surface area (Å²) in [5.41, 5.74) is 4.01. The number of hydrogen-bond donors (Lipinski definition) is 2. The molecule has 1 aromatic heterocycles. The number of fused-ring (bicyclic) bond motifs is 3. The van der Waals surface area contributed by atoms with Crippen molar-refractivity contribution in [2.45, 2.75) is 13.0 Å². The van der Waals surface area contributed by atoms with Crippen LogP contribution < -0.4 is 24.8 Å². The number of anilines is 1. The van der Waals surface area contributed by atoms with Gasteiger partial charge >= 0.3 is 0 Å². The molecular weight excluding hydrogens is 426 g/mol. The lowest BCUT2D eigenvalue weighted by Crippen LogP contribution is -2.17. The minimum absolute atomic E-state index is 0.300. The average Bonchev–Trinajstić information content (AvgIpc) is 3.28. The largest absolute Gasteiger partial charge is 0.497 e. The predicted molar refractivity (Wildman–Crippen MR) is 128 cm³/mol. The first kappa shape index (κ1) is 20.7. The lowest BCUT2D eigenvalue weighted by molar-refractivity contribution is 0.174. The fraction of sp³-hybridized carbons (Fsp3) is 0.240. The van der Waals surface area contributed by atoms with Crippen LogP contribution in [-0.4, -0.2) is 32.0 Å². The fourth-order valence-corrected chi connectivity index (χ4v) is 4.09. The van der Waals surface area contributed by atoms with Gasteiger partial charge in [-0.3, -0.25) is 0 Å². The number of aromatic nitrogens is 1. The smallest absolute Gasteiger partial charge is 0.231 e. The van der Waals surface area contributed by atoms with E-state index in [1.54, 1.807) is 7.11 Å². The van der Waals surface area contributed by atoms with Crippen LogP contribution in [0.3, 0.4) is 0 Å². The van der Waals surface area contributed by atoms with Crippen LogP contribution in [0.5, 0.6) is 17.2 Å². The second-order valence-electron chi connectivity index (χ2n) is 7.68. The lowest BCUT2D eigenvalue weighted by atomic mass is 10.1. The molecule has 0 unspecified atom stereocenters. The van der Waals surface area contributed by atoms with E-state index < -0.39 is 0 Å². The second kappa shape index (κ2) is 9.10. The first-order chi connectivity index (χ1) is 15.7. The summed E-state index contributed by atoms with van der Waals surface area (Å²) in [6.07, 6.45) is 0.966. The molecule has 0 bridgehead atoms. The maximum atomic E-state index is 6.21. The summed E-state index contributed by atoms with van der Waals surface area (Å²) in [5.74, 6) is 2.44. The Balaban J connectivity index is 1.25. The van der Waals surface area contributed by atoms with Crippen molar-refractivity contribution in [1.29, 1.82) is 0 Å². The Kier molecular flexibility index (Phi) is 5.88. The maximum absolute atomic E-state index is 6.21. The summed E-state index contributed by atoms with van der Waals surface area (Å²) < 4.78 is 16.2. The van der Waals surface area contributed by atoms with Crippen LogP contribution in [0.4, 0.5) is 5.69 Å². The maximum Gasteiger partial charge on any atom is 0.231 e. The minimum Gasteiger partial charge on any atom is -0.497 e. The Morgan fingerprint density at radius 1 is 0.938 bits per heavy atom. The number of ether oxygens (including phenoxy) is 3. The van der Waals surface area contributed by atoms with E-state index in [9.17, 15) is 0 Å². The molecule has 0 atom stereocenters. The third-order valence-corrected chi connectivity index (χ3v) is 5.78. The zero-order valence-electron chi connectivity index (χ0n) is 17.8. The van der Waals surface area contributed by atoms with Gasteiger partial charge in [-0.2, -0.15) is 0 Å². The van der Waals surface area contributed by atoms with Crippen LogP contribution in [-0.2, 0) is 6.54 Å². The molecule has 0 saturated carbocycles. The van der Waals surface area contributed by atoms with Crippen molar-refractivity contribution in [2.24, 2.45) is 0 Å². The number of rotatable bonds is 8. The lowest BCUT2D eigenvalue weighted by Gasteiger charge is -2.14. The topological polar surface area (TPSA) is 64.6 Å². The molecule has 5 rings (SSSR count). The quantitative estimate of drug-likeness (QED) is 0.278. The molecule has 32 heavy (non-hydrogen) atoms. The summed E-state index contributed by atoms with van der Waals surface area (Å²) in [6, 6.07) is 17.8. The number of hydrogen-bond acceptors (Lipinski definition) is 6. The highest BCUT2D eigenvalue weighted by molar-refractivity contribution is 6.31. The summed E-state index contributed by atoms with van der Waals surface area (Å²) in [6.45, 7) is 2.79. The van der Waals surface area contributed by atoms with Crippen molar-refractivity contribution >= 4 is 39.1 Å². The van der Waals surface area contributed by atoms with E-state index in [4.69, 9.17) is 30.8 Å². The Morgan fingerprint density at radius 2 is 1.84 bits per heavy atom. The highest BCUT2D eigenvalue weighted by Crippen LogP contribution is 2.34. The predicted octanol–water partition coefficient (Wildman–Crippen LogP) is 5.37. The average molecular weight is 450 g/mol. The van der Waals surface area contributed by atoms with E-state index >= 15 is 0 Å². The summed E-state index contributed by atoms with van der Waals surface area (Å²) >= 11 is 6.21. The molecule has 3 aromatic carbocycles. The van der Waals surface area contributed by atoms with Gasteiger partial charge in [-0.15, -0.1) is 0 Å². The van der Waals surface area contributed by atoms with Gasteiger partial charge in [-0.25, -0.2) is 4.98 Å². The Hall–Kier alpha value is -3.22. The van der Waals surface area contributed by atoms with Crippen molar-refractivity contribution < 1.29 is 14.2 Å². The van der Waals surface area contributed by atoms with Gasteiger partial charge in [0.05, 0.1) is 23.8 Å². The fourth-order valence-electron chi connectivity index (χ4n) is 3.92. The number of halogens is 1. The molecule has 7 heteroatoms. The Morgan fingerprint density at radius 3 is 2.75 bits per heavy atom. The van der Waals surface area contributed by atoms with Crippen LogP contribution in [0.15, 0.2) is 54.6 Å². The van der Waals surface area contributed by atoms with Crippen molar-refractivity contribution in [3.05, 3.63) is 65.2 Å². The molecule has 0 amide bonds. The van der Waals surface area contributed by atoms with Gasteiger partial charge in [0.2, 0.25) is 6.79 Å². The van der Waals surface area contributed by atoms with Crippen molar-refractivity contribution in [3.63, 3.8) is 0 Å². The van der Waals surface area contributed by atoms with Gasteiger partial charge in [0, 0.05) is 28.9 Å². The summed E-state index contributed by atoms with van der Waals surface area (Å²) in [7, 11) is 1.67. The van der Waals surface area contributed by atoms with E-state index in [1.165, 1.54) is 5.56 Å². The number of nitrogens with zero attached hydrogens (tertiary/aromatic N) is 1. The van der Waals surface area contributed by atoms with Crippen LogP contribution in [0.2, 0.25) is 5.02 Å². The molecule has 164 valence electrons. The Labute approximate surface area is 191 Å². The molecule has 0 saturated heterocycles. The number of nitrogens with one attached hydrogen (secondary N) is 2. The van der Waals surface area contributed by atoms with E-state index in [2.05, 4.69) is 16.7 Å². The van der Waals surface area contributed by atoms with E-state index in [0.29, 0.717) is 11.8 Å². The van der Waals surface area contributed by atoms with Crippen LogP contribution in [0.1, 0.15) is 12.0 Å². The Bertz CT molecular complexity index is 1280. The normalized spacial score (nSPS) is 12.4. The van der Waals surface area contributed by atoms with E-state index in [1.807, 2.05) is 48.5 Å². The zero-order valence-corrected chi connectivity index (χ0v) is 18.5. The van der Waals surface area contributed by atoms with E-state index in [0.717, 1.165) is 70.8 Å². The molecule has 0 radical (unpaired) electrons. The van der Waals surface area contributed by atoms with Crippen LogP contribution >= 0.6 is 11.6 Å². The molecule has 1 aliphatic rings. The zero-order chi connectivity index (χ0) is 21.9. The van der Waals surface area contributed by atoms with Crippen LogP contribution in [0, 0.1) is 0 Å². The third kappa shape index (κ3) is 4.24. The van der Waals surface area contributed by atoms with Crippen molar-refractivity contribution in [1.82, 2.24) is 10.3 Å². The highest BCUT2D eigenvalue weighted by atomic mass is 35.5. The molecule has 6 nitrogen and oxygen atoms in total. The minimum atomic E-state index is 0.300. The van der Waals surface area contributed by atoms with Crippen molar-refractivity contribution in [3.8, 4) is 17.2 Å². The second-order valence-corrected chi connectivity index (χ2v) is 8.11. The molecule has 1 aliphatic heterocycles. The molecule has 0 spiro atoms. The monoisotopic (exact) mass is 449 g/mol. The third-order valence-electron chi connectivity index (χ3n) is 5.54. The summed E-state index contributed by atoms with van der Waals surface area (Å²) in [4.78, 5) is 4.78. The standard InChI is InChI=1S/C25H24ClN3O3/c1-30-18-5-7-21-20(13-18)25(19-6-4-17(26)12-22(19)29-21)28-10-2-9-27-14-16-3-8-23-24(11-16)32-15-31-23/h3-8,11-13,27H,2,9-10,14-15H2,1H3,(H,28,29). The van der Waals surface area contributed by atoms with Gasteiger partial charge in [-0.1, -0.05) is 17.7 Å². The van der Waals surface area contributed by atoms with Gasteiger partial charge < -0.3 is 24.8 Å². The van der Waals surface area contributed by atoms with Crippen molar-refractivity contribution in [2.75, 3.05) is 32.3 Å². The van der Waals surface area contributed by atoms with Crippen LogP contribution in [0.25, 0.3) is 21.8 Å². The number of pyridine rings is 1. The molecule has 2 heterocycles. The molecule has 2 N–H and O–H groups in total. The van der Waals surface area contributed by atoms with Gasteiger partial charge in [0.1, 0.15) is 5.75 Å². The molecule has 4 aromatic rings. The first-order valence-electron chi connectivity index (χ1n) is 10.6. The SMILES string of the molecule is COc1ccc2nc3cc(Cl)ccc3c(NCCCNCc3ccc4c(c3)OCO4)c2c1. The number of benzene rings is 3. The summed E-state index contributed by atoms with van der Waals surface area (Å²) in [5, 5.41) is 9.87. The van der Waals surface area contributed by atoms with Gasteiger partial charge in [0.25, 0.3) is 0 Å².